The number of rotatable bonds is 4. The van der Waals surface area contributed by atoms with Gasteiger partial charge < -0.3 is 5.11 Å². The molecule has 0 aromatic heterocycles. The summed E-state index contributed by atoms with van der Waals surface area (Å²) in [4.78, 5) is 0. The molecule has 0 fully saturated rings. The van der Waals surface area contributed by atoms with E-state index in [1.54, 1.807) is 0 Å². The zero-order valence-corrected chi connectivity index (χ0v) is 9.46. The molecular formula is C12H17ClO. The highest BCUT2D eigenvalue weighted by Crippen LogP contribution is 2.26. The lowest BCUT2D eigenvalue weighted by Crippen LogP contribution is -2.09. The Kier molecular flexibility index (Phi) is 4.43. The number of alkyl halides is 1. The van der Waals surface area contributed by atoms with Crippen LogP contribution in [0.3, 0.4) is 0 Å². The first kappa shape index (κ1) is 11.5. The summed E-state index contributed by atoms with van der Waals surface area (Å²) in [6, 6.07) is 8.19. The Morgan fingerprint density at radius 3 is 2.21 bits per heavy atom. The average Bonchev–Trinajstić information content (AvgIpc) is 2.20. The summed E-state index contributed by atoms with van der Waals surface area (Å²) in [6.07, 6.45) is 0. The van der Waals surface area contributed by atoms with E-state index in [-0.39, 0.29) is 12.5 Å². The quantitative estimate of drug-likeness (QED) is 0.761. The van der Waals surface area contributed by atoms with Crippen LogP contribution in [0.4, 0.5) is 0 Å². The third-order valence-electron chi connectivity index (χ3n) is 2.46. The summed E-state index contributed by atoms with van der Waals surface area (Å²) in [5, 5.41) is 9.20. The molecule has 1 unspecified atom stereocenters. The topological polar surface area (TPSA) is 20.2 Å². The Morgan fingerprint density at radius 2 is 1.79 bits per heavy atom. The first-order valence-electron chi connectivity index (χ1n) is 4.96. The highest BCUT2D eigenvalue weighted by Gasteiger charge is 2.14. The van der Waals surface area contributed by atoms with Gasteiger partial charge in [-0.25, -0.2) is 0 Å². The van der Waals surface area contributed by atoms with Crippen LogP contribution in [0, 0.1) is 0 Å². The van der Waals surface area contributed by atoms with Crippen LogP contribution in [-0.4, -0.2) is 17.6 Å². The van der Waals surface area contributed by atoms with Crippen LogP contribution in [0.15, 0.2) is 24.3 Å². The summed E-state index contributed by atoms with van der Waals surface area (Å²) in [5.74, 6) is 1.01. The summed E-state index contributed by atoms with van der Waals surface area (Å²) < 4.78 is 0. The molecule has 1 nitrogen and oxygen atoms in total. The molecule has 0 aliphatic rings. The van der Waals surface area contributed by atoms with Crippen molar-refractivity contribution in [3.05, 3.63) is 35.4 Å². The van der Waals surface area contributed by atoms with Gasteiger partial charge in [-0.05, 0) is 17.0 Å². The van der Waals surface area contributed by atoms with Crippen molar-refractivity contribution < 1.29 is 5.11 Å². The van der Waals surface area contributed by atoms with Crippen molar-refractivity contribution in [3.63, 3.8) is 0 Å². The Morgan fingerprint density at radius 1 is 1.21 bits per heavy atom. The minimum atomic E-state index is 0.0651. The van der Waals surface area contributed by atoms with Gasteiger partial charge in [0.05, 0.1) is 6.61 Å². The van der Waals surface area contributed by atoms with Gasteiger partial charge in [0.15, 0.2) is 0 Å². The molecule has 0 heterocycles. The minimum absolute atomic E-state index is 0.0651. The maximum absolute atomic E-state index is 9.20. The second-order valence-corrected chi connectivity index (χ2v) is 4.13. The SMILES string of the molecule is CC(C)c1ccccc1C(CO)CCl. The smallest absolute Gasteiger partial charge is 0.0511 e. The van der Waals surface area contributed by atoms with Crippen LogP contribution < -0.4 is 0 Å². The third kappa shape index (κ3) is 2.49. The van der Waals surface area contributed by atoms with E-state index in [1.165, 1.54) is 11.1 Å². The molecular weight excluding hydrogens is 196 g/mol. The average molecular weight is 213 g/mol. The largest absolute Gasteiger partial charge is 0.396 e. The van der Waals surface area contributed by atoms with E-state index in [1.807, 2.05) is 12.1 Å². The second kappa shape index (κ2) is 5.38. The lowest BCUT2D eigenvalue weighted by molar-refractivity contribution is 0.273. The van der Waals surface area contributed by atoms with Crippen LogP contribution in [0.1, 0.15) is 36.8 Å². The molecule has 1 aromatic carbocycles. The summed E-state index contributed by atoms with van der Waals surface area (Å²) in [6.45, 7) is 4.43. The predicted molar refractivity (Wildman–Crippen MR) is 61.1 cm³/mol. The fourth-order valence-corrected chi connectivity index (χ4v) is 1.90. The second-order valence-electron chi connectivity index (χ2n) is 3.82. The molecule has 78 valence electrons. The number of aliphatic hydroxyl groups excluding tert-OH is 1. The van der Waals surface area contributed by atoms with E-state index < -0.39 is 0 Å². The molecule has 0 radical (unpaired) electrons. The Bertz CT molecular complexity index is 279. The molecule has 1 N–H and O–H groups in total. The van der Waals surface area contributed by atoms with Crippen LogP contribution in [-0.2, 0) is 0 Å². The van der Waals surface area contributed by atoms with Gasteiger partial charge in [-0.15, -0.1) is 11.6 Å². The third-order valence-corrected chi connectivity index (χ3v) is 2.84. The van der Waals surface area contributed by atoms with Gasteiger partial charge in [-0.1, -0.05) is 38.1 Å². The van der Waals surface area contributed by atoms with Gasteiger partial charge in [-0.2, -0.15) is 0 Å². The number of hydrogen-bond donors (Lipinski definition) is 1. The van der Waals surface area contributed by atoms with Crippen LogP contribution in [0.5, 0.6) is 0 Å². The molecule has 0 saturated carbocycles. The standard InChI is InChI=1S/C12H17ClO/c1-9(2)11-5-3-4-6-12(11)10(7-13)8-14/h3-6,9-10,14H,7-8H2,1-2H3. The maximum Gasteiger partial charge on any atom is 0.0511 e. The van der Waals surface area contributed by atoms with Crippen molar-refractivity contribution >= 4 is 11.6 Å². The van der Waals surface area contributed by atoms with E-state index in [0.717, 1.165) is 0 Å². The number of hydrogen-bond acceptors (Lipinski definition) is 1. The van der Waals surface area contributed by atoms with Crippen molar-refractivity contribution in [2.45, 2.75) is 25.7 Å². The monoisotopic (exact) mass is 212 g/mol. The van der Waals surface area contributed by atoms with E-state index in [4.69, 9.17) is 11.6 Å². The van der Waals surface area contributed by atoms with Crippen LogP contribution in [0.25, 0.3) is 0 Å². The van der Waals surface area contributed by atoms with Gasteiger partial charge in [0.1, 0.15) is 0 Å². The maximum atomic E-state index is 9.20. The zero-order chi connectivity index (χ0) is 10.6. The zero-order valence-electron chi connectivity index (χ0n) is 8.70. The molecule has 0 amide bonds. The summed E-state index contributed by atoms with van der Waals surface area (Å²) in [5.41, 5.74) is 2.47. The van der Waals surface area contributed by atoms with Crippen LogP contribution >= 0.6 is 11.6 Å². The van der Waals surface area contributed by atoms with E-state index >= 15 is 0 Å². The Balaban J connectivity index is 3.05. The number of aliphatic hydroxyl groups is 1. The minimum Gasteiger partial charge on any atom is -0.396 e. The van der Waals surface area contributed by atoms with Gasteiger partial charge in [0.25, 0.3) is 0 Å². The molecule has 1 rings (SSSR count). The van der Waals surface area contributed by atoms with Gasteiger partial charge in [0.2, 0.25) is 0 Å². The first-order chi connectivity index (χ1) is 6.70. The number of halogens is 1. The van der Waals surface area contributed by atoms with E-state index in [9.17, 15) is 5.11 Å². The fourth-order valence-electron chi connectivity index (χ4n) is 1.64. The van der Waals surface area contributed by atoms with Crippen molar-refractivity contribution in [3.8, 4) is 0 Å². The molecule has 14 heavy (non-hydrogen) atoms. The van der Waals surface area contributed by atoms with Crippen molar-refractivity contribution in [1.29, 1.82) is 0 Å². The van der Waals surface area contributed by atoms with E-state index in [0.29, 0.717) is 11.8 Å². The van der Waals surface area contributed by atoms with Crippen molar-refractivity contribution in [2.24, 2.45) is 0 Å². The fraction of sp³-hybridized carbons (Fsp3) is 0.500. The van der Waals surface area contributed by atoms with Gasteiger partial charge >= 0.3 is 0 Å². The normalized spacial score (nSPS) is 13.2. The molecule has 0 bridgehead atoms. The molecule has 0 saturated heterocycles. The lowest BCUT2D eigenvalue weighted by Gasteiger charge is -2.18. The van der Waals surface area contributed by atoms with E-state index in [2.05, 4.69) is 26.0 Å². The Hall–Kier alpha value is -0.530. The molecule has 1 aromatic rings. The first-order valence-corrected chi connectivity index (χ1v) is 5.49. The molecule has 0 aliphatic heterocycles. The van der Waals surface area contributed by atoms with Crippen LogP contribution in [0.2, 0.25) is 0 Å². The molecule has 2 heteroatoms. The van der Waals surface area contributed by atoms with Crippen molar-refractivity contribution in [1.82, 2.24) is 0 Å². The molecule has 0 aliphatic carbocycles. The highest BCUT2D eigenvalue weighted by atomic mass is 35.5. The highest BCUT2D eigenvalue weighted by molar-refractivity contribution is 6.18. The van der Waals surface area contributed by atoms with Gasteiger partial charge in [-0.3, -0.25) is 0 Å². The Labute approximate surface area is 90.7 Å². The molecule has 1 atom stereocenters. The lowest BCUT2D eigenvalue weighted by atomic mass is 9.90. The van der Waals surface area contributed by atoms with Gasteiger partial charge in [0, 0.05) is 11.8 Å². The number of benzene rings is 1. The summed E-state index contributed by atoms with van der Waals surface area (Å²) in [7, 11) is 0. The van der Waals surface area contributed by atoms with Crippen molar-refractivity contribution in [2.75, 3.05) is 12.5 Å². The molecule has 0 spiro atoms. The summed E-state index contributed by atoms with van der Waals surface area (Å²) >= 11 is 5.82. The predicted octanol–water partition coefficient (Wildman–Crippen LogP) is 3.12.